The highest BCUT2D eigenvalue weighted by Gasteiger charge is 2.35. The summed E-state index contributed by atoms with van der Waals surface area (Å²) >= 11 is 5.95. The first kappa shape index (κ1) is 17.1. The van der Waals surface area contributed by atoms with Crippen molar-refractivity contribution in [1.29, 1.82) is 0 Å². The molecule has 0 bridgehead atoms. The Morgan fingerprint density at radius 1 is 1.32 bits per heavy atom. The van der Waals surface area contributed by atoms with Crippen LogP contribution in [0.1, 0.15) is 13.8 Å². The molecule has 6 heteroatoms. The third-order valence-corrected chi connectivity index (χ3v) is 3.99. The molecule has 1 saturated heterocycles. The fourth-order valence-electron chi connectivity index (χ4n) is 2.57. The van der Waals surface area contributed by atoms with Gasteiger partial charge in [0.25, 0.3) is 5.91 Å². The number of amides is 1. The second-order valence-electron chi connectivity index (χ2n) is 5.93. The zero-order chi connectivity index (χ0) is 16.2. The van der Waals surface area contributed by atoms with Crippen LogP contribution < -0.4 is 4.74 Å². The Morgan fingerprint density at radius 3 is 2.59 bits per heavy atom. The number of aliphatic hydroxyl groups excluding tert-OH is 1. The minimum atomic E-state index is -0.941. The number of benzene rings is 1. The van der Waals surface area contributed by atoms with Gasteiger partial charge in [-0.05, 0) is 32.0 Å². The molecular formula is C16H23ClN2O3. The average molecular weight is 327 g/mol. The second kappa shape index (κ2) is 7.31. The minimum absolute atomic E-state index is 0.0314. The Balaban J connectivity index is 1.96. The van der Waals surface area contributed by atoms with Gasteiger partial charge in [0.1, 0.15) is 5.75 Å². The van der Waals surface area contributed by atoms with Gasteiger partial charge in [-0.2, -0.15) is 0 Å². The Bertz CT molecular complexity index is 514. The lowest BCUT2D eigenvalue weighted by Crippen LogP contribution is -2.56. The van der Waals surface area contributed by atoms with Gasteiger partial charge in [-0.15, -0.1) is 0 Å². The molecule has 1 N–H and O–H groups in total. The van der Waals surface area contributed by atoms with Gasteiger partial charge >= 0.3 is 0 Å². The monoisotopic (exact) mass is 326 g/mol. The van der Waals surface area contributed by atoms with Crippen LogP contribution in [0.4, 0.5) is 0 Å². The van der Waals surface area contributed by atoms with E-state index in [1.54, 1.807) is 38.1 Å². The van der Waals surface area contributed by atoms with Gasteiger partial charge in [0.2, 0.25) is 0 Å². The van der Waals surface area contributed by atoms with Crippen molar-refractivity contribution in [2.24, 2.45) is 0 Å². The van der Waals surface area contributed by atoms with Crippen LogP contribution in [0.5, 0.6) is 5.75 Å². The molecule has 0 unspecified atom stereocenters. The van der Waals surface area contributed by atoms with E-state index in [1.165, 1.54) is 0 Å². The number of piperazine rings is 1. The molecule has 122 valence electrons. The predicted octanol–water partition coefficient (Wildman–Crippen LogP) is 1.63. The third kappa shape index (κ3) is 4.35. The number of rotatable bonds is 5. The van der Waals surface area contributed by atoms with Crippen LogP contribution in [0, 0.1) is 0 Å². The van der Waals surface area contributed by atoms with Crippen molar-refractivity contribution in [3.05, 3.63) is 29.3 Å². The van der Waals surface area contributed by atoms with Crippen LogP contribution >= 0.6 is 11.6 Å². The summed E-state index contributed by atoms with van der Waals surface area (Å²) in [6.45, 7) is 7.22. The number of carbonyl (C=O) groups is 1. The highest BCUT2D eigenvalue weighted by atomic mass is 35.5. The zero-order valence-corrected chi connectivity index (χ0v) is 13.8. The van der Waals surface area contributed by atoms with Crippen LogP contribution in [0.25, 0.3) is 0 Å². The molecule has 0 spiro atoms. The van der Waals surface area contributed by atoms with E-state index in [9.17, 15) is 4.79 Å². The molecule has 1 heterocycles. The molecule has 1 aliphatic heterocycles. The molecule has 22 heavy (non-hydrogen) atoms. The fourth-order valence-corrected chi connectivity index (χ4v) is 2.75. The molecule has 1 aromatic rings. The molecule has 0 aromatic heterocycles. The summed E-state index contributed by atoms with van der Waals surface area (Å²) in [4.78, 5) is 16.6. The van der Waals surface area contributed by atoms with Crippen LogP contribution in [-0.2, 0) is 4.79 Å². The van der Waals surface area contributed by atoms with Crippen molar-refractivity contribution in [2.75, 3.05) is 39.3 Å². The predicted molar refractivity (Wildman–Crippen MR) is 86.3 cm³/mol. The lowest BCUT2D eigenvalue weighted by molar-refractivity contribution is -0.147. The van der Waals surface area contributed by atoms with E-state index < -0.39 is 5.60 Å². The van der Waals surface area contributed by atoms with E-state index in [1.807, 2.05) is 4.90 Å². The maximum atomic E-state index is 12.7. The highest BCUT2D eigenvalue weighted by molar-refractivity contribution is 6.30. The molecule has 2 rings (SSSR count). The first-order valence-corrected chi connectivity index (χ1v) is 7.87. The number of hydrogen-bond donors (Lipinski definition) is 1. The number of β-amino-alcohol motifs (C(OH)–C–C–N with tert-alkyl or cyclic N) is 1. The highest BCUT2D eigenvalue weighted by Crippen LogP contribution is 2.23. The smallest absolute Gasteiger partial charge is 0.266 e. The van der Waals surface area contributed by atoms with Gasteiger partial charge in [-0.3, -0.25) is 9.69 Å². The van der Waals surface area contributed by atoms with E-state index in [0.29, 0.717) is 30.4 Å². The number of ether oxygens (including phenoxy) is 1. The maximum absolute atomic E-state index is 12.7. The first-order valence-electron chi connectivity index (χ1n) is 7.49. The largest absolute Gasteiger partial charge is 0.478 e. The SMILES string of the molecule is CC(C)(Oc1cccc(Cl)c1)C(=O)N1CCN(CCO)CC1. The number of aliphatic hydroxyl groups is 1. The van der Waals surface area contributed by atoms with Crippen molar-refractivity contribution < 1.29 is 14.6 Å². The van der Waals surface area contributed by atoms with Gasteiger partial charge in [0.15, 0.2) is 5.60 Å². The third-order valence-electron chi connectivity index (χ3n) is 3.76. The quantitative estimate of drug-likeness (QED) is 0.893. The van der Waals surface area contributed by atoms with E-state index in [4.69, 9.17) is 21.4 Å². The van der Waals surface area contributed by atoms with Crippen molar-refractivity contribution in [2.45, 2.75) is 19.4 Å². The maximum Gasteiger partial charge on any atom is 0.266 e. The lowest BCUT2D eigenvalue weighted by atomic mass is 10.1. The first-order chi connectivity index (χ1) is 10.4. The molecule has 0 atom stereocenters. The summed E-state index contributed by atoms with van der Waals surface area (Å²) < 4.78 is 5.84. The molecule has 1 amide bonds. The van der Waals surface area contributed by atoms with Crippen molar-refractivity contribution in [3.63, 3.8) is 0 Å². The van der Waals surface area contributed by atoms with Gasteiger partial charge < -0.3 is 14.7 Å². The topological polar surface area (TPSA) is 53.0 Å². The minimum Gasteiger partial charge on any atom is -0.478 e. The molecule has 1 fully saturated rings. The summed E-state index contributed by atoms with van der Waals surface area (Å²) in [5.41, 5.74) is -0.941. The average Bonchev–Trinajstić information content (AvgIpc) is 2.47. The summed E-state index contributed by atoms with van der Waals surface area (Å²) in [6, 6.07) is 7.06. The molecular weight excluding hydrogens is 304 g/mol. The molecule has 0 saturated carbocycles. The van der Waals surface area contributed by atoms with Crippen LogP contribution in [0.15, 0.2) is 24.3 Å². The summed E-state index contributed by atoms with van der Waals surface area (Å²) in [7, 11) is 0. The fraction of sp³-hybridized carbons (Fsp3) is 0.562. The van der Waals surface area contributed by atoms with E-state index in [2.05, 4.69) is 4.90 Å². The summed E-state index contributed by atoms with van der Waals surface area (Å²) in [6.07, 6.45) is 0. The van der Waals surface area contributed by atoms with Gasteiger partial charge in [-0.25, -0.2) is 0 Å². The number of nitrogens with zero attached hydrogens (tertiary/aromatic N) is 2. The van der Waals surface area contributed by atoms with Gasteiger partial charge in [-0.1, -0.05) is 17.7 Å². The zero-order valence-electron chi connectivity index (χ0n) is 13.1. The number of carbonyl (C=O) groups excluding carboxylic acids is 1. The molecule has 0 aliphatic carbocycles. The van der Waals surface area contributed by atoms with Crippen LogP contribution in [0.3, 0.4) is 0 Å². The van der Waals surface area contributed by atoms with Crippen molar-refractivity contribution in [1.82, 2.24) is 9.80 Å². The van der Waals surface area contributed by atoms with Crippen molar-refractivity contribution >= 4 is 17.5 Å². The Morgan fingerprint density at radius 2 is 2.00 bits per heavy atom. The van der Waals surface area contributed by atoms with E-state index in [-0.39, 0.29) is 12.5 Å². The Labute approximate surface area is 136 Å². The molecule has 1 aromatic carbocycles. The standard InChI is InChI=1S/C16H23ClN2O3/c1-16(2,22-14-5-3-4-13(17)12-14)15(21)19-8-6-18(7-9-19)10-11-20/h3-5,12,20H,6-11H2,1-2H3. The van der Waals surface area contributed by atoms with Gasteiger partial charge in [0.05, 0.1) is 6.61 Å². The Hall–Kier alpha value is -1.30. The molecule has 0 radical (unpaired) electrons. The van der Waals surface area contributed by atoms with Gasteiger partial charge in [0, 0.05) is 37.7 Å². The summed E-state index contributed by atoms with van der Waals surface area (Å²) in [5, 5.41) is 9.54. The van der Waals surface area contributed by atoms with Crippen LogP contribution in [-0.4, -0.2) is 65.7 Å². The second-order valence-corrected chi connectivity index (χ2v) is 6.36. The lowest BCUT2D eigenvalue weighted by Gasteiger charge is -2.38. The number of halogens is 1. The normalized spacial score (nSPS) is 16.6. The molecule has 1 aliphatic rings. The van der Waals surface area contributed by atoms with Crippen molar-refractivity contribution in [3.8, 4) is 5.75 Å². The number of hydrogen-bond acceptors (Lipinski definition) is 4. The van der Waals surface area contributed by atoms with E-state index in [0.717, 1.165) is 13.1 Å². The van der Waals surface area contributed by atoms with Crippen LogP contribution in [0.2, 0.25) is 5.02 Å². The Kier molecular flexibility index (Phi) is 5.67. The molecule has 5 nitrogen and oxygen atoms in total. The van der Waals surface area contributed by atoms with E-state index >= 15 is 0 Å². The summed E-state index contributed by atoms with van der Waals surface area (Å²) in [5.74, 6) is 0.556.